The number of aldehydes is 1. The van der Waals surface area contributed by atoms with Crippen LogP contribution in [0.5, 0.6) is 0 Å². The van der Waals surface area contributed by atoms with E-state index >= 15 is 0 Å². The van der Waals surface area contributed by atoms with Gasteiger partial charge in [-0.1, -0.05) is 29.8 Å². The third-order valence-electron chi connectivity index (χ3n) is 2.06. The summed E-state index contributed by atoms with van der Waals surface area (Å²) in [7, 11) is 0. The lowest BCUT2D eigenvalue weighted by atomic mass is 10.1. The first-order valence-electron chi connectivity index (χ1n) is 4.40. The van der Waals surface area contributed by atoms with Gasteiger partial charge in [0.2, 0.25) is 0 Å². The van der Waals surface area contributed by atoms with Crippen molar-refractivity contribution in [3.63, 3.8) is 0 Å². The fraction of sp³-hybridized carbons (Fsp3) is 0.0833. The van der Waals surface area contributed by atoms with Gasteiger partial charge in [-0.25, -0.2) is 0 Å². The highest BCUT2D eigenvalue weighted by molar-refractivity contribution is 7.13. The molecule has 0 fully saturated rings. The van der Waals surface area contributed by atoms with Gasteiger partial charge in [0.1, 0.15) is 0 Å². The van der Waals surface area contributed by atoms with Crippen molar-refractivity contribution in [2.75, 3.05) is 0 Å². The quantitative estimate of drug-likeness (QED) is 0.681. The van der Waals surface area contributed by atoms with Gasteiger partial charge in [0.25, 0.3) is 0 Å². The third-order valence-corrected chi connectivity index (χ3v) is 3.06. The zero-order valence-electron chi connectivity index (χ0n) is 7.86. The Labute approximate surface area is 87.0 Å². The SMILES string of the molecule is Cc1cccc(-c2cc(C=O)cs2)c1. The van der Waals surface area contributed by atoms with Gasteiger partial charge in [0, 0.05) is 15.8 Å². The minimum Gasteiger partial charge on any atom is -0.298 e. The predicted molar refractivity (Wildman–Crippen MR) is 59.9 cm³/mol. The Morgan fingerprint density at radius 3 is 2.79 bits per heavy atom. The molecule has 0 radical (unpaired) electrons. The van der Waals surface area contributed by atoms with Gasteiger partial charge in [-0.2, -0.15) is 0 Å². The molecule has 0 N–H and O–H groups in total. The average molecular weight is 202 g/mol. The van der Waals surface area contributed by atoms with Gasteiger partial charge in [0.15, 0.2) is 6.29 Å². The Kier molecular flexibility index (Phi) is 2.46. The van der Waals surface area contributed by atoms with Crippen molar-refractivity contribution >= 4 is 17.6 Å². The second-order valence-corrected chi connectivity index (χ2v) is 4.14. The minimum atomic E-state index is 0.756. The van der Waals surface area contributed by atoms with E-state index in [0.717, 1.165) is 16.7 Å². The first-order chi connectivity index (χ1) is 6.79. The van der Waals surface area contributed by atoms with Crippen LogP contribution in [0.15, 0.2) is 35.7 Å². The van der Waals surface area contributed by atoms with Crippen LogP contribution in [0.4, 0.5) is 0 Å². The molecular formula is C12H10OS. The highest BCUT2D eigenvalue weighted by Crippen LogP contribution is 2.26. The molecule has 0 saturated carbocycles. The van der Waals surface area contributed by atoms with Gasteiger partial charge >= 0.3 is 0 Å². The van der Waals surface area contributed by atoms with Crippen molar-refractivity contribution in [1.29, 1.82) is 0 Å². The van der Waals surface area contributed by atoms with E-state index in [0.29, 0.717) is 0 Å². The van der Waals surface area contributed by atoms with Crippen molar-refractivity contribution in [1.82, 2.24) is 0 Å². The molecule has 0 saturated heterocycles. The molecule has 0 aliphatic carbocycles. The lowest BCUT2D eigenvalue weighted by molar-refractivity contribution is 0.112. The number of hydrogen-bond donors (Lipinski definition) is 0. The lowest BCUT2D eigenvalue weighted by Gasteiger charge is -1.97. The van der Waals surface area contributed by atoms with Crippen LogP contribution in [0.1, 0.15) is 15.9 Å². The van der Waals surface area contributed by atoms with Crippen molar-refractivity contribution in [3.05, 3.63) is 46.8 Å². The highest BCUT2D eigenvalue weighted by Gasteiger charge is 2.01. The van der Waals surface area contributed by atoms with Crippen LogP contribution in [0.25, 0.3) is 10.4 Å². The van der Waals surface area contributed by atoms with Gasteiger partial charge in [-0.05, 0) is 18.6 Å². The summed E-state index contributed by atoms with van der Waals surface area (Å²) in [6, 6.07) is 10.2. The summed E-state index contributed by atoms with van der Waals surface area (Å²) in [6.07, 6.45) is 0.885. The summed E-state index contributed by atoms with van der Waals surface area (Å²) in [5.41, 5.74) is 3.18. The molecule has 2 rings (SSSR count). The average Bonchev–Trinajstić information content (AvgIpc) is 2.66. The fourth-order valence-corrected chi connectivity index (χ4v) is 2.22. The summed E-state index contributed by atoms with van der Waals surface area (Å²) in [6.45, 7) is 2.07. The van der Waals surface area contributed by atoms with Crippen LogP contribution in [0, 0.1) is 6.92 Å². The number of rotatable bonds is 2. The van der Waals surface area contributed by atoms with Crippen molar-refractivity contribution in [3.8, 4) is 10.4 Å². The molecule has 0 unspecified atom stereocenters. The summed E-state index contributed by atoms with van der Waals surface area (Å²) >= 11 is 1.60. The van der Waals surface area contributed by atoms with E-state index < -0.39 is 0 Å². The summed E-state index contributed by atoms with van der Waals surface area (Å²) in [5.74, 6) is 0. The maximum Gasteiger partial charge on any atom is 0.150 e. The molecule has 0 amide bonds. The predicted octanol–water partition coefficient (Wildman–Crippen LogP) is 3.54. The maximum absolute atomic E-state index is 10.5. The normalized spacial score (nSPS) is 10.1. The zero-order valence-corrected chi connectivity index (χ0v) is 8.67. The second kappa shape index (κ2) is 3.76. The molecule has 0 aliphatic rings. The molecule has 70 valence electrons. The third kappa shape index (κ3) is 1.75. The largest absolute Gasteiger partial charge is 0.298 e. The second-order valence-electron chi connectivity index (χ2n) is 3.23. The van der Waals surface area contributed by atoms with Crippen LogP contribution in [0.2, 0.25) is 0 Å². The molecule has 1 aromatic heterocycles. The number of aryl methyl sites for hydroxylation is 1. The van der Waals surface area contributed by atoms with E-state index in [1.54, 1.807) is 11.3 Å². The van der Waals surface area contributed by atoms with Crippen LogP contribution in [0.3, 0.4) is 0 Å². The molecule has 1 heterocycles. The van der Waals surface area contributed by atoms with Gasteiger partial charge < -0.3 is 0 Å². The summed E-state index contributed by atoms with van der Waals surface area (Å²) < 4.78 is 0. The molecule has 1 nitrogen and oxygen atoms in total. The zero-order chi connectivity index (χ0) is 9.97. The molecule has 0 spiro atoms. The standard InChI is InChI=1S/C12H10OS/c1-9-3-2-4-11(5-9)12-6-10(7-13)8-14-12/h2-8H,1H3. The maximum atomic E-state index is 10.5. The Balaban J connectivity index is 2.43. The molecule has 1 aromatic carbocycles. The molecule has 0 atom stereocenters. The lowest BCUT2D eigenvalue weighted by Crippen LogP contribution is -1.75. The first-order valence-corrected chi connectivity index (χ1v) is 5.28. The van der Waals surface area contributed by atoms with E-state index in [4.69, 9.17) is 0 Å². The van der Waals surface area contributed by atoms with Crippen LogP contribution in [-0.4, -0.2) is 6.29 Å². The molecule has 2 aromatic rings. The van der Waals surface area contributed by atoms with Gasteiger partial charge in [0.05, 0.1) is 0 Å². The van der Waals surface area contributed by atoms with Crippen LogP contribution < -0.4 is 0 Å². The molecule has 2 heteroatoms. The summed E-state index contributed by atoms with van der Waals surface area (Å²) in [5, 5.41) is 1.88. The van der Waals surface area contributed by atoms with E-state index in [1.807, 2.05) is 17.5 Å². The Hall–Kier alpha value is -1.41. The first kappa shape index (κ1) is 9.16. The van der Waals surface area contributed by atoms with Gasteiger partial charge in [-0.3, -0.25) is 4.79 Å². The molecule has 0 bridgehead atoms. The van der Waals surface area contributed by atoms with E-state index in [-0.39, 0.29) is 0 Å². The van der Waals surface area contributed by atoms with Crippen LogP contribution >= 0.6 is 11.3 Å². The number of thiophene rings is 1. The van der Waals surface area contributed by atoms with E-state index in [9.17, 15) is 4.79 Å². The molecule has 14 heavy (non-hydrogen) atoms. The Bertz CT molecular complexity index is 457. The summed E-state index contributed by atoms with van der Waals surface area (Å²) in [4.78, 5) is 11.7. The topological polar surface area (TPSA) is 17.1 Å². The molecule has 0 aliphatic heterocycles. The fourth-order valence-electron chi connectivity index (χ4n) is 1.36. The monoisotopic (exact) mass is 202 g/mol. The minimum absolute atomic E-state index is 0.756. The Morgan fingerprint density at radius 2 is 2.14 bits per heavy atom. The molecular weight excluding hydrogens is 192 g/mol. The highest BCUT2D eigenvalue weighted by atomic mass is 32.1. The number of carbonyl (C=O) groups is 1. The Morgan fingerprint density at radius 1 is 1.29 bits per heavy atom. The number of carbonyl (C=O) groups excluding carboxylic acids is 1. The van der Waals surface area contributed by atoms with Crippen LogP contribution in [-0.2, 0) is 0 Å². The van der Waals surface area contributed by atoms with E-state index in [2.05, 4.69) is 25.1 Å². The number of benzene rings is 1. The van der Waals surface area contributed by atoms with Crippen molar-refractivity contribution < 1.29 is 4.79 Å². The van der Waals surface area contributed by atoms with Gasteiger partial charge in [-0.15, -0.1) is 11.3 Å². The van der Waals surface area contributed by atoms with Crippen molar-refractivity contribution in [2.24, 2.45) is 0 Å². The van der Waals surface area contributed by atoms with Crippen molar-refractivity contribution in [2.45, 2.75) is 6.92 Å². The number of hydrogen-bond acceptors (Lipinski definition) is 2. The smallest absolute Gasteiger partial charge is 0.150 e. The van der Waals surface area contributed by atoms with E-state index in [1.165, 1.54) is 11.1 Å².